The largest absolute Gasteiger partial charge is 0.393 e. The smallest absolute Gasteiger partial charge is 0.0543 e. The Bertz CT molecular complexity index is 622. The van der Waals surface area contributed by atoms with Crippen molar-refractivity contribution in [3.63, 3.8) is 0 Å². The van der Waals surface area contributed by atoms with Crippen LogP contribution in [0.4, 0.5) is 0 Å². The van der Waals surface area contributed by atoms with Crippen LogP contribution in [0.3, 0.4) is 0 Å². The van der Waals surface area contributed by atoms with Crippen LogP contribution < -0.4 is 0 Å². The SMILES string of the molecule is CC[C@H](/C=C/[C@@H](C)[C@@H]1CC[C@H]2[C@@H]3CC[C@H]4C[C@@H](O)CC[C@]4(C)[C@H]3CC[C@@]21C)C(C)C. The number of allylic oxidation sites excluding steroid dienone is 2. The van der Waals surface area contributed by atoms with Gasteiger partial charge in [-0.15, -0.1) is 0 Å². The van der Waals surface area contributed by atoms with E-state index < -0.39 is 0 Å². The third-order valence-corrected chi connectivity index (χ3v) is 11.3. The standard InChI is InChI=1S/C29H50O/c1-7-21(19(2)3)9-8-20(4)25-12-13-26-24-11-10-22-18-23(30)14-16-28(22,5)27(24)15-17-29(25,26)6/h8-9,19-27,30H,7,10-18H2,1-6H3/b9-8+/t20-,21-,22+,23+,24+,25+,26+,27+,28+,29-/m1/s1. The molecule has 4 aliphatic carbocycles. The van der Waals surface area contributed by atoms with Gasteiger partial charge in [0.2, 0.25) is 0 Å². The predicted molar refractivity (Wildman–Crippen MR) is 128 cm³/mol. The normalized spacial score (nSPS) is 48.3. The molecule has 0 aromatic rings. The first kappa shape index (κ1) is 22.9. The Morgan fingerprint density at radius 1 is 0.867 bits per heavy atom. The van der Waals surface area contributed by atoms with Crippen LogP contribution in [0.2, 0.25) is 0 Å². The number of rotatable bonds is 5. The van der Waals surface area contributed by atoms with Crippen molar-refractivity contribution in [3.05, 3.63) is 12.2 Å². The lowest BCUT2D eigenvalue weighted by Gasteiger charge is -2.61. The fraction of sp³-hybridized carbons (Fsp3) is 0.931. The molecule has 1 N–H and O–H groups in total. The number of fused-ring (bicyclic) bond motifs is 5. The molecular weight excluding hydrogens is 364 g/mol. The lowest BCUT2D eigenvalue weighted by Crippen LogP contribution is -2.54. The summed E-state index contributed by atoms with van der Waals surface area (Å²) < 4.78 is 0. The maximum absolute atomic E-state index is 10.3. The fourth-order valence-corrected chi connectivity index (χ4v) is 9.42. The maximum atomic E-state index is 10.3. The molecule has 0 aromatic carbocycles. The summed E-state index contributed by atoms with van der Waals surface area (Å²) >= 11 is 0. The molecule has 10 atom stereocenters. The van der Waals surface area contributed by atoms with E-state index in [0.29, 0.717) is 10.8 Å². The van der Waals surface area contributed by atoms with Crippen LogP contribution in [-0.2, 0) is 0 Å². The molecule has 0 amide bonds. The molecule has 172 valence electrons. The molecule has 4 saturated carbocycles. The molecule has 0 aromatic heterocycles. The third kappa shape index (κ3) is 3.74. The lowest BCUT2D eigenvalue weighted by molar-refractivity contribution is -0.128. The zero-order valence-electron chi connectivity index (χ0n) is 20.9. The van der Waals surface area contributed by atoms with Crippen molar-refractivity contribution < 1.29 is 5.11 Å². The summed E-state index contributed by atoms with van der Waals surface area (Å²) in [6.45, 7) is 14.9. The molecule has 0 radical (unpaired) electrons. The van der Waals surface area contributed by atoms with Crippen molar-refractivity contribution in [2.75, 3.05) is 0 Å². The van der Waals surface area contributed by atoms with Crippen LogP contribution in [0.1, 0.15) is 106 Å². The van der Waals surface area contributed by atoms with Crippen molar-refractivity contribution in [2.24, 2.45) is 58.2 Å². The van der Waals surface area contributed by atoms with Gasteiger partial charge < -0.3 is 5.11 Å². The second kappa shape index (κ2) is 8.57. The van der Waals surface area contributed by atoms with Gasteiger partial charge in [-0.05, 0) is 122 Å². The number of hydrogen-bond donors (Lipinski definition) is 1. The lowest BCUT2D eigenvalue weighted by atomic mass is 9.44. The minimum absolute atomic E-state index is 0.0187. The second-order valence-corrected chi connectivity index (χ2v) is 12.9. The summed E-state index contributed by atoms with van der Waals surface area (Å²) in [5.41, 5.74) is 1.07. The van der Waals surface area contributed by atoms with Gasteiger partial charge >= 0.3 is 0 Å². The molecule has 0 unspecified atom stereocenters. The zero-order chi connectivity index (χ0) is 21.7. The van der Waals surface area contributed by atoms with Gasteiger partial charge in [0.25, 0.3) is 0 Å². The van der Waals surface area contributed by atoms with Crippen LogP contribution in [0, 0.1) is 58.2 Å². The Balaban J connectivity index is 1.49. The Morgan fingerprint density at radius 3 is 2.27 bits per heavy atom. The van der Waals surface area contributed by atoms with E-state index in [1.807, 2.05) is 0 Å². The molecule has 4 fully saturated rings. The summed E-state index contributed by atoms with van der Waals surface area (Å²) in [5, 5.41) is 10.3. The Labute approximate surface area is 187 Å². The molecule has 0 aliphatic heterocycles. The highest BCUT2D eigenvalue weighted by Gasteiger charge is 2.60. The highest BCUT2D eigenvalue weighted by atomic mass is 16.3. The Morgan fingerprint density at radius 2 is 1.57 bits per heavy atom. The maximum Gasteiger partial charge on any atom is 0.0543 e. The summed E-state index contributed by atoms with van der Waals surface area (Å²) in [5.74, 6) is 6.72. The summed E-state index contributed by atoms with van der Waals surface area (Å²) in [6.07, 6.45) is 18.5. The molecule has 1 nitrogen and oxygen atoms in total. The van der Waals surface area contributed by atoms with Crippen molar-refractivity contribution in [1.29, 1.82) is 0 Å². The molecule has 4 rings (SSSR count). The first-order chi connectivity index (χ1) is 14.2. The molecule has 30 heavy (non-hydrogen) atoms. The van der Waals surface area contributed by atoms with E-state index in [-0.39, 0.29) is 6.10 Å². The van der Waals surface area contributed by atoms with E-state index in [1.54, 1.807) is 0 Å². The van der Waals surface area contributed by atoms with E-state index >= 15 is 0 Å². The Hall–Kier alpha value is -0.300. The van der Waals surface area contributed by atoms with E-state index in [4.69, 9.17) is 0 Å². The van der Waals surface area contributed by atoms with Gasteiger partial charge in [0.15, 0.2) is 0 Å². The van der Waals surface area contributed by atoms with Crippen molar-refractivity contribution in [3.8, 4) is 0 Å². The van der Waals surface area contributed by atoms with Crippen LogP contribution >= 0.6 is 0 Å². The fourth-order valence-electron chi connectivity index (χ4n) is 9.42. The van der Waals surface area contributed by atoms with E-state index in [2.05, 4.69) is 53.7 Å². The molecule has 1 heteroatoms. The minimum atomic E-state index is -0.0187. The van der Waals surface area contributed by atoms with Gasteiger partial charge in [0.1, 0.15) is 0 Å². The summed E-state index contributed by atoms with van der Waals surface area (Å²) in [4.78, 5) is 0. The molecule has 0 spiro atoms. The highest BCUT2D eigenvalue weighted by molar-refractivity contribution is 5.11. The highest BCUT2D eigenvalue weighted by Crippen LogP contribution is 2.68. The van der Waals surface area contributed by atoms with Gasteiger partial charge in [-0.25, -0.2) is 0 Å². The topological polar surface area (TPSA) is 20.2 Å². The number of aliphatic hydroxyl groups excluding tert-OH is 1. The van der Waals surface area contributed by atoms with Gasteiger partial charge in [-0.3, -0.25) is 0 Å². The zero-order valence-corrected chi connectivity index (χ0v) is 20.9. The third-order valence-electron chi connectivity index (χ3n) is 11.3. The van der Waals surface area contributed by atoms with Gasteiger partial charge in [0.05, 0.1) is 6.10 Å². The quantitative estimate of drug-likeness (QED) is 0.454. The van der Waals surface area contributed by atoms with Gasteiger partial charge in [-0.2, -0.15) is 0 Å². The first-order valence-corrected chi connectivity index (χ1v) is 13.6. The monoisotopic (exact) mass is 414 g/mol. The number of aliphatic hydroxyl groups is 1. The average molecular weight is 415 g/mol. The van der Waals surface area contributed by atoms with E-state index in [1.165, 1.54) is 51.4 Å². The van der Waals surface area contributed by atoms with Crippen LogP contribution in [-0.4, -0.2) is 11.2 Å². The van der Waals surface area contributed by atoms with E-state index in [0.717, 1.165) is 60.2 Å². The molecule has 0 heterocycles. The number of hydrogen-bond acceptors (Lipinski definition) is 1. The predicted octanol–water partition coefficient (Wildman–Crippen LogP) is 7.88. The minimum Gasteiger partial charge on any atom is -0.393 e. The van der Waals surface area contributed by atoms with Crippen molar-refractivity contribution in [1.82, 2.24) is 0 Å². The van der Waals surface area contributed by atoms with Gasteiger partial charge in [-0.1, -0.05) is 53.7 Å². The van der Waals surface area contributed by atoms with Crippen LogP contribution in [0.15, 0.2) is 12.2 Å². The van der Waals surface area contributed by atoms with Crippen molar-refractivity contribution in [2.45, 2.75) is 112 Å². The molecule has 0 saturated heterocycles. The van der Waals surface area contributed by atoms with Crippen LogP contribution in [0.5, 0.6) is 0 Å². The summed E-state index contributed by atoms with van der Waals surface area (Å²) in [6, 6.07) is 0. The molecule has 0 bridgehead atoms. The van der Waals surface area contributed by atoms with Crippen LogP contribution in [0.25, 0.3) is 0 Å². The molecule has 4 aliphatic rings. The second-order valence-electron chi connectivity index (χ2n) is 12.9. The summed E-state index contributed by atoms with van der Waals surface area (Å²) in [7, 11) is 0. The first-order valence-electron chi connectivity index (χ1n) is 13.6. The average Bonchev–Trinajstić information content (AvgIpc) is 3.06. The van der Waals surface area contributed by atoms with Crippen molar-refractivity contribution >= 4 is 0 Å². The molecular formula is C29H50O. The van der Waals surface area contributed by atoms with E-state index in [9.17, 15) is 5.11 Å². The Kier molecular flexibility index (Phi) is 6.53. The van der Waals surface area contributed by atoms with Gasteiger partial charge in [0, 0.05) is 0 Å².